The molecule has 0 radical (unpaired) electrons. The first-order chi connectivity index (χ1) is 13.6. The van der Waals surface area contributed by atoms with E-state index in [4.69, 9.17) is 4.74 Å². The molecule has 1 atom stereocenters. The Morgan fingerprint density at radius 1 is 1.17 bits per heavy atom. The predicted molar refractivity (Wildman–Crippen MR) is 112 cm³/mol. The smallest absolute Gasteiger partial charge is 0.410 e. The van der Waals surface area contributed by atoms with E-state index in [0.717, 1.165) is 37.1 Å². The highest BCUT2D eigenvalue weighted by Crippen LogP contribution is 2.28. The predicted octanol–water partition coefficient (Wildman–Crippen LogP) is 3.71. The second-order valence-corrected chi connectivity index (χ2v) is 8.90. The number of hydrogen-bond donors (Lipinski definition) is 1. The lowest BCUT2D eigenvalue weighted by atomic mass is 9.97. The van der Waals surface area contributed by atoms with Crippen LogP contribution in [0.3, 0.4) is 0 Å². The summed E-state index contributed by atoms with van der Waals surface area (Å²) in [6.07, 6.45) is 2.61. The summed E-state index contributed by atoms with van der Waals surface area (Å²) in [5.74, 6) is -0.214. The van der Waals surface area contributed by atoms with E-state index in [2.05, 4.69) is 5.32 Å². The number of hydrogen-bond acceptors (Lipinski definition) is 4. The van der Waals surface area contributed by atoms with Crippen LogP contribution in [-0.2, 0) is 14.3 Å². The van der Waals surface area contributed by atoms with Crippen LogP contribution in [0.2, 0.25) is 0 Å². The number of nitrogens with one attached hydrogen (secondary N) is 1. The van der Waals surface area contributed by atoms with Gasteiger partial charge in [0.05, 0.1) is 5.92 Å². The minimum absolute atomic E-state index is 0.0948. The average Bonchev–Trinajstić information content (AvgIpc) is 3.06. The topological polar surface area (TPSA) is 79.0 Å². The second kappa shape index (κ2) is 8.43. The number of piperidine rings is 1. The van der Waals surface area contributed by atoms with Crippen LogP contribution in [0.25, 0.3) is 0 Å². The Morgan fingerprint density at radius 2 is 1.93 bits per heavy atom. The van der Waals surface area contributed by atoms with Gasteiger partial charge >= 0.3 is 6.09 Å². The Bertz CT molecular complexity index is 800. The fourth-order valence-electron chi connectivity index (χ4n) is 3.87. The highest BCUT2D eigenvalue weighted by atomic mass is 16.6. The number of aryl methyl sites for hydroxylation is 1. The largest absolute Gasteiger partial charge is 0.444 e. The second-order valence-electron chi connectivity index (χ2n) is 8.90. The summed E-state index contributed by atoms with van der Waals surface area (Å²) in [7, 11) is 0. The van der Waals surface area contributed by atoms with Crippen molar-refractivity contribution in [2.75, 3.05) is 29.9 Å². The lowest BCUT2D eigenvalue weighted by Gasteiger charge is -2.33. The molecule has 7 nitrogen and oxygen atoms in total. The molecular formula is C22H31N3O4. The van der Waals surface area contributed by atoms with Crippen molar-refractivity contribution in [3.05, 3.63) is 23.8 Å². The summed E-state index contributed by atoms with van der Waals surface area (Å²) in [6, 6.07) is 5.62. The quantitative estimate of drug-likeness (QED) is 0.837. The van der Waals surface area contributed by atoms with Crippen LogP contribution in [0, 0.1) is 12.8 Å². The molecule has 3 rings (SSSR count). The maximum absolute atomic E-state index is 12.8. The summed E-state index contributed by atoms with van der Waals surface area (Å²) in [4.78, 5) is 40.5. The molecule has 1 N–H and O–H groups in total. The minimum atomic E-state index is -0.553. The first-order valence-electron chi connectivity index (χ1n) is 10.3. The van der Waals surface area contributed by atoms with Gasteiger partial charge in [-0.05, 0) is 70.7 Å². The molecule has 0 spiro atoms. The molecule has 0 saturated carbocycles. The Kier molecular flexibility index (Phi) is 6.15. The average molecular weight is 402 g/mol. The number of anilines is 2. The fraction of sp³-hybridized carbons (Fsp3) is 0.591. The van der Waals surface area contributed by atoms with Gasteiger partial charge in [0.15, 0.2) is 0 Å². The highest BCUT2D eigenvalue weighted by molar-refractivity contribution is 5.97. The van der Waals surface area contributed by atoms with Crippen LogP contribution >= 0.6 is 0 Å². The number of likely N-dealkylation sites (tertiary alicyclic amines) is 1. The van der Waals surface area contributed by atoms with Crippen LogP contribution < -0.4 is 10.2 Å². The maximum Gasteiger partial charge on any atom is 0.410 e. The van der Waals surface area contributed by atoms with Gasteiger partial charge in [-0.15, -0.1) is 0 Å². The third-order valence-corrected chi connectivity index (χ3v) is 5.27. The van der Waals surface area contributed by atoms with Crippen LogP contribution in [-0.4, -0.2) is 48.0 Å². The number of carbonyl (C=O) groups excluding carboxylic acids is 3. The summed E-state index contributed by atoms with van der Waals surface area (Å²) < 4.78 is 5.43. The van der Waals surface area contributed by atoms with Gasteiger partial charge in [-0.25, -0.2) is 4.79 Å². The standard InChI is InChI=1S/C22H31N3O4/c1-15-13-17(9-10-18(15)25-12-6-8-19(25)26)23-20(27)16-7-5-11-24(14-16)21(28)29-22(2,3)4/h9-10,13,16H,5-8,11-12,14H2,1-4H3,(H,23,27)/t16-/m1/s1. The van der Waals surface area contributed by atoms with Crippen molar-refractivity contribution in [3.63, 3.8) is 0 Å². The molecule has 7 heteroatoms. The molecular weight excluding hydrogens is 370 g/mol. The van der Waals surface area contributed by atoms with E-state index >= 15 is 0 Å². The van der Waals surface area contributed by atoms with Gasteiger partial charge in [0.1, 0.15) is 5.60 Å². The summed E-state index contributed by atoms with van der Waals surface area (Å²) in [5, 5.41) is 2.97. The van der Waals surface area contributed by atoms with Crippen molar-refractivity contribution >= 4 is 29.3 Å². The molecule has 2 saturated heterocycles. The summed E-state index contributed by atoms with van der Waals surface area (Å²) in [5.41, 5.74) is 2.01. The number of rotatable bonds is 3. The molecule has 2 fully saturated rings. The maximum atomic E-state index is 12.8. The van der Waals surface area contributed by atoms with Crippen molar-refractivity contribution < 1.29 is 19.1 Å². The molecule has 158 valence electrons. The van der Waals surface area contributed by atoms with Crippen LogP contribution in [0.4, 0.5) is 16.2 Å². The zero-order chi connectivity index (χ0) is 21.2. The van der Waals surface area contributed by atoms with E-state index in [9.17, 15) is 14.4 Å². The molecule has 0 bridgehead atoms. The minimum Gasteiger partial charge on any atom is -0.444 e. The van der Waals surface area contributed by atoms with Crippen LogP contribution in [0.15, 0.2) is 18.2 Å². The Balaban J connectivity index is 1.61. The zero-order valence-corrected chi connectivity index (χ0v) is 17.8. The van der Waals surface area contributed by atoms with Crippen molar-refractivity contribution in [1.82, 2.24) is 4.90 Å². The third kappa shape index (κ3) is 5.28. The molecule has 0 unspecified atom stereocenters. The molecule has 2 aliphatic heterocycles. The molecule has 0 aliphatic carbocycles. The van der Waals surface area contributed by atoms with Gasteiger partial charge in [-0.1, -0.05) is 0 Å². The van der Waals surface area contributed by atoms with E-state index in [1.165, 1.54) is 0 Å². The molecule has 3 amide bonds. The fourth-order valence-corrected chi connectivity index (χ4v) is 3.87. The van der Waals surface area contributed by atoms with E-state index in [1.807, 2.05) is 45.9 Å². The van der Waals surface area contributed by atoms with E-state index in [-0.39, 0.29) is 23.8 Å². The lowest BCUT2D eigenvalue weighted by Crippen LogP contribution is -2.45. The van der Waals surface area contributed by atoms with Gasteiger partial charge in [-0.2, -0.15) is 0 Å². The van der Waals surface area contributed by atoms with Gasteiger partial charge < -0.3 is 19.9 Å². The highest BCUT2D eigenvalue weighted by Gasteiger charge is 2.31. The van der Waals surface area contributed by atoms with Gasteiger partial charge in [0.25, 0.3) is 0 Å². The number of nitrogens with zero attached hydrogens (tertiary/aromatic N) is 2. The molecule has 29 heavy (non-hydrogen) atoms. The Labute approximate surface area is 172 Å². The van der Waals surface area contributed by atoms with Crippen molar-refractivity contribution in [2.24, 2.45) is 5.92 Å². The SMILES string of the molecule is Cc1cc(NC(=O)[C@@H]2CCCN(C(=O)OC(C)(C)C)C2)ccc1N1CCCC1=O. The first kappa shape index (κ1) is 21.1. The number of ether oxygens (including phenoxy) is 1. The van der Waals surface area contributed by atoms with E-state index < -0.39 is 5.60 Å². The van der Waals surface area contributed by atoms with Crippen molar-refractivity contribution in [3.8, 4) is 0 Å². The van der Waals surface area contributed by atoms with Gasteiger partial charge in [-0.3, -0.25) is 9.59 Å². The normalized spacial score (nSPS) is 20.0. The van der Waals surface area contributed by atoms with Crippen LogP contribution in [0.1, 0.15) is 52.0 Å². The Morgan fingerprint density at radius 3 is 2.55 bits per heavy atom. The number of benzene rings is 1. The Hall–Kier alpha value is -2.57. The summed E-state index contributed by atoms with van der Waals surface area (Å²) in [6.45, 7) is 9.16. The van der Waals surface area contributed by atoms with E-state index in [0.29, 0.717) is 25.2 Å². The van der Waals surface area contributed by atoms with Gasteiger partial charge in [0, 0.05) is 37.4 Å². The lowest BCUT2D eigenvalue weighted by molar-refractivity contribution is -0.121. The molecule has 0 aromatic heterocycles. The molecule has 1 aromatic carbocycles. The monoisotopic (exact) mass is 401 g/mol. The number of carbonyl (C=O) groups is 3. The molecule has 1 aromatic rings. The van der Waals surface area contributed by atoms with Crippen molar-refractivity contribution in [1.29, 1.82) is 0 Å². The van der Waals surface area contributed by atoms with Gasteiger partial charge in [0.2, 0.25) is 11.8 Å². The van der Waals surface area contributed by atoms with Crippen molar-refractivity contribution in [2.45, 2.75) is 59.0 Å². The van der Waals surface area contributed by atoms with E-state index in [1.54, 1.807) is 9.80 Å². The molecule has 2 aliphatic rings. The molecule has 2 heterocycles. The zero-order valence-electron chi connectivity index (χ0n) is 17.8. The van der Waals surface area contributed by atoms with Crippen LogP contribution in [0.5, 0.6) is 0 Å². The third-order valence-electron chi connectivity index (χ3n) is 5.27. The number of amides is 3. The summed E-state index contributed by atoms with van der Waals surface area (Å²) >= 11 is 0. The first-order valence-corrected chi connectivity index (χ1v) is 10.3.